The topological polar surface area (TPSA) is 66.4 Å². The summed E-state index contributed by atoms with van der Waals surface area (Å²) >= 11 is 3.37. The molecule has 2 N–H and O–H groups in total. The van der Waals surface area contributed by atoms with Crippen LogP contribution in [0.4, 0.5) is 5.69 Å². The van der Waals surface area contributed by atoms with Crippen LogP contribution in [0.3, 0.4) is 0 Å². The molecule has 23 heavy (non-hydrogen) atoms. The van der Waals surface area contributed by atoms with Crippen LogP contribution in [0, 0.1) is 5.92 Å². The second-order valence-electron chi connectivity index (χ2n) is 6.02. The van der Waals surface area contributed by atoms with Gasteiger partial charge in [0.1, 0.15) is 0 Å². The van der Waals surface area contributed by atoms with Gasteiger partial charge in [-0.05, 0) is 36.6 Å². The second kappa shape index (κ2) is 5.01. The van der Waals surface area contributed by atoms with Crippen molar-refractivity contribution in [3.63, 3.8) is 0 Å². The number of carbonyl (C=O) groups is 2. The predicted octanol–water partition coefficient (Wildman–Crippen LogP) is 3.03. The van der Waals surface area contributed by atoms with Gasteiger partial charge in [0.05, 0.1) is 5.92 Å². The molecule has 116 valence electrons. The Morgan fingerprint density at radius 2 is 1.96 bits per heavy atom. The van der Waals surface area contributed by atoms with Crippen LogP contribution in [0.1, 0.15) is 27.9 Å². The molecule has 1 heterocycles. The predicted molar refractivity (Wildman–Crippen MR) is 89.3 cm³/mol. The Kier molecular flexibility index (Phi) is 3.18. The van der Waals surface area contributed by atoms with Crippen LogP contribution in [0.25, 0.3) is 0 Å². The number of halogens is 1. The van der Waals surface area contributed by atoms with Crippen LogP contribution in [0.2, 0.25) is 0 Å². The van der Waals surface area contributed by atoms with Gasteiger partial charge >= 0.3 is 0 Å². The number of anilines is 1. The van der Waals surface area contributed by atoms with Crippen molar-refractivity contribution in [1.29, 1.82) is 0 Å². The molecule has 4 nitrogen and oxygen atoms in total. The monoisotopic (exact) mass is 371 g/mol. The number of Topliss-reactive ketones (excluding diaryl/α,β-unsaturated/α-hetero) is 1. The SMILES string of the molecule is O=C1c2ccccc2CC[C@@H]1[C@@]1(O)C(=O)Nc2ccc(Br)cc21. The number of ketones is 1. The van der Waals surface area contributed by atoms with Crippen LogP contribution in [-0.2, 0) is 16.8 Å². The lowest BCUT2D eigenvalue weighted by Gasteiger charge is -2.33. The molecule has 1 aliphatic heterocycles. The first-order valence-corrected chi connectivity index (χ1v) is 8.27. The summed E-state index contributed by atoms with van der Waals surface area (Å²) < 4.78 is 0.759. The molecular formula is C18H14BrNO3. The lowest BCUT2D eigenvalue weighted by molar-refractivity contribution is -0.138. The maximum absolute atomic E-state index is 12.9. The Hall–Kier alpha value is -1.98. The molecule has 4 rings (SSSR count). The molecule has 5 heteroatoms. The van der Waals surface area contributed by atoms with Crippen molar-refractivity contribution in [2.75, 3.05) is 5.32 Å². The Morgan fingerprint density at radius 1 is 1.17 bits per heavy atom. The summed E-state index contributed by atoms with van der Waals surface area (Å²) in [7, 11) is 0. The van der Waals surface area contributed by atoms with Crippen LogP contribution in [0.5, 0.6) is 0 Å². The second-order valence-corrected chi connectivity index (χ2v) is 6.94. The summed E-state index contributed by atoms with van der Waals surface area (Å²) in [6, 6.07) is 12.6. The summed E-state index contributed by atoms with van der Waals surface area (Å²) in [4.78, 5) is 25.4. The average molecular weight is 372 g/mol. The first-order valence-electron chi connectivity index (χ1n) is 7.48. The highest BCUT2D eigenvalue weighted by Gasteiger charge is 2.54. The molecule has 2 aliphatic rings. The van der Waals surface area contributed by atoms with Crippen molar-refractivity contribution < 1.29 is 14.7 Å². The van der Waals surface area contributed by atoms with Gasteiger partial charge < -0.3 is 10.4 Å². The lowest BCUT2D eigenvalue weighted by atomic mass is 9.71. The Bertz CT molecular complexity index is 848. The number of nitrogens with one attached hydrogen (secondary N) is 1. The van der Waals surface area contributed by atoms with Gasteiger partial charge in [-0.15, -0.1) is 0 Å². The quantitative estimate of drug-likeness (QED) is 0.809. The van der Waals surface area contributed by atoms with Gasteiger partial charge in [0.15, 0.2) is 11.4 Å². The number of aryl methyl sites for hydroxylation is 1. The van der Waals surface area contributed by atoms with Crippen molar-refractivity contribution >= 4 is 33.3 Å². The molecule has 0 spiro atoms. The number of aliphatic hydroxyl groups is 1. The molecule has 1 aliphatic carbocycles. The van der Waals surface area contributed by atoms with Crippen molar-refractivity contribution in [3.8, 4) is 0 Å². The molecule has 0 unspecified atom stereocenters. The van der Waals surface area contributed by atoms with E-state index in [9.17, 15) is 14.7 Å². The van der Waals surface area contributed by atoms with E-state index in [4.69, 9.17) is 0 Å². The van der Waals surface area contributed by atoms with Gasteiger partial charge in [-0.2, -0.15) is 0 Å². The van der Waals surface area contributed by atoms with Crippen LogP contribution in [-0.4, -0.2) is 16.8 Å². The number of fused-ring (bicyclic) bond motifs is 2. The summed E-state index contributed by atoms with van der Waals surface area (Å²) in [5.74, 6) is -1.46. The van der Waals surface area contributed by atoms with Gasteiger partial charge in [0, 0.05) is 21.3 Å². The highest BCUT2D eigenvalue weighted by atomic mass is 79.9. The van der Waals surface area contributed by atoms with E-state index in [2.05, 4.69) is 21.2 Å². The van der Waals surface area contributed by atoms with Crippen molar-refractivity contribution in [2.24, 2.45) is 5.92 Å². The zero-order chi connectivity index (χ0) is 16.2. The fourth-order valence-electron chi connectivity index (χ4n) is 3.62. The molecule has 0 radical (unpaired) electrons. The van der Waals surface area contributed by atoms with E-state index in [1.54, 1.807) is 24.3 Å². The van der Waals surface area contributed by atoms with Crippen LogP contribution >= 0.6 is 15.9 Å². The minimum atomic E-state index is -1.82. The van der Waals surface area contributed by atoms with E-state index >= 15 is 0 Å². The zero-order valence-corrected chi connectivity index (χ0v) is 13.8. The molecular weight excluding hydrogens is 358 g/mol. The molecule has 0 saturated carbocycles. The van der Waals surface area contributed by atoms with E-state index in [1.165, 1.54) is 0 Å². The summed E-state index contributed by atoms with van der Waals surface area (Å²) in [6.07, 6.45) is 1.12. The Morgan fingerprint density at radius 3 is 2.78 bits per heavy atom. The maximum atomic E-state index is 12.9. The maximum Gasteiger partial charge on any atom is 0.261 e. The zero-order valence-electron chi connectivity index (χ0n) is 12.2. The van der Waals surface area contributed by atoms with E-state index in [0.717, 1.165) is 10.0 Å². The lowest BCUT2D eigenvalue weighted by Crippen LogP contribution is -2.47. The van der Waals surface area contributed by atoms with Gasteiger partial charge in [-0.25, -0.2) is 0 Å². The molecule has 0 saturated heterocycles. The third kappa shape index (κ3) is 2.00. The van der Waals surface area contributed by atoms with Gasteiger partial charge in [0.25, 0.3) is 5.91 Å². The molecule has 0 fully saturated rings. The summed E-state index contributed by atoms with van der Waals surface area (Å²) in [5.41, 5.74) is 0.796. The smallest absolute Gasteiger partial charge is 0.261 e. The van der Waals surface area contributed by atoms with Gasteiger partial charge in [-0.3, -0.25) is 9.59 Å². The minimum Gasteiger partial charge on any atom is -0.375 e. The molecule has 2 aromatic carbocycles. The fourth-order valence-corrected chi connectivity index (χ4v) is 3.98. The highest BCUT2D eigenvalue weighted by Crippen LogP contribution is 2.46. The van der Waals surface area contributed by atoms with Crippen LogP contribution in [0.15, 0.2) is 46.9 Å². The number of amides is 1. The first kappa shape index (κ1) is 14.6. The van der Waals surface area contributed by atoms with Crippen molar-refractivity contribution in [2.45, 2.75) is 18.4 Å². The van der Waals surface area contributed by atoms with E-state index < -0.39 is 17.4 Å². The largest absolute Gasteiger partial charge is 0.375 e. The number of carbonyl (C=O) groups excluding carboxylic acids is 2. The fraction of sp³-hybridized carbons (Fsp3) is 0.222. The van der Waals surface area contributed by atoms with Gasteiger partial charge in [0.2, 0.25) is 0 Å². The molecule has 0 bridgehead atoms. The molecule has 1 amide bonds. The van der Waals surface area contributed by atoms with Crippen LogP contribution < -0.4 is 5.32 Å². The summed E-state index contributed by atoms with van der Waals surface area (Å²) in [5, 5.41) is 13.9. The number of rotatable bonds is 1. The number of hydrogen-bond acceptors (Lipinski definition) is 3. The average Bonchev–Trinajstić information content (AvgIpc) is 2.80. The summed E-state index contributed by atoms with van der Waals surface area (Å²) in [6.45, 7) is 0. The third-order valence-electron chi connectivity index (χ3n) is 4.79. The van der Waals surface area contributed by atoms with Gasteiger partial charge in [-0.1, -0.05) is 40.2 Å². The van der Waals surface area contributed by atoms with E-state index in [-0.39, 0.29) is 5.78 Å². The van der Waals surface area contributed by atoms with Crippen molar-refractivity contribution in [1.82, 2.24) is 0 Å². The first-order chi connectivity index (χ1) is 11.0. The molecule has 2 atom stereocenters. The minimum absolute atomic E-state index is 0.169. The van der Waals surface area contributed by atoms with E-state index in [1.807, 2.05) is 18.2 Å². The Balaban J connectivity index is 1.84. The molecule has 0 aromatic heterocycles. The van der Waals surface area contributed by atoms with Crippen molar-refractivity contribution in [3.05, 3.63) is 63.6 Å². The number of hydrogen-bond donors (Lipinski definition) is 2. The normalized spacial score (nSPS) is 25.7. The molecule has 2 aromatic rings. The standard InChI is InChI=1S/C18H14BrNO3/c19-11-6-8-15-14(9-11)18(23,17(22)20-15)13-7-5-10-3-1-2-4-12(10)16(13)21/h1-4,6,8-9,13,23H,5,7H2,(H,20,22)/t13-,18-/m0/s1. The third-order valence-corrected chi connectivity index (χ3v) is 5.29. The van der Waals surface area contributed by atoms with E-state index in [0.29, 0.717) is 29.7 Å². The Labute approximate surface area is 141 Å². The highest BCUT2D eigenvalue weighted by molar-refractivity contribution is 9.10. The number of benzene rings is 2.